The molecule has 1 N–H and O–H groups in total. The molecule has 4 nitrogen and oxygen atoms in total. The van der Waals surface area contributed by atoms with Crippen LogP contribution in [-0.2, 0) is 0 Å². The van der Waals surface area contributed by atoms with Crippen molar-refractivity contribution in [3.05, 3.63) is 77.1 Å². The summed E-state index contributed by atoms with van der Waals surface area (Å²) < 4.78 is 0. The zero-order chi connectivity index (χ0) is 20.5. The summed E-state index contributed by atoms with van der Waals surface area (Å²) >= 11 is 6.15. The number of benzene rings is 2. The lowest BCUT2D eigenvalue weighted by atomic mass is 10.1. The van der Waals surface area contributed by atoms with Crippen molar-refractivity contribution < 1.29 is 0 Å². The molecule has 0 saturated heterocycles. The second-order valence-electron chi connectivity index (χ2n) is 5.62. The van der Waals surface area contributed by atoms with Gasteiger partial charge >= 0.3 is 0 Å². The van der Waals surface area contributed by atoms with Gasteiger partial charge in [-0.15, -0.1) is 12.8 Å². The molecule has 0 radical (unpaired) electrons. The molecule has 28 heavy (non-hydrogen) atoms. The molecule has 0 atom stereocenters. The molecule has 5 heteroatoms. The largest absolute Gasteiger partial charge is 0.340 e. The Morgan fingerprint density at radius 3 is 2.61 bits per heavy atom. The number of fused-ring (bicyclic) bond motifs is 1. The van der Waals surface area contributed by atoms with Crippen LogP contribution in [-0.4, -0.2) is 9.97 Å². The van der Waals surface area contributed by atoms with Gasteiger partial charge in [0.1, 0.15) is 5.82 Å². The second kappa shape index (κ2) is 9.92. The average molecular weight is 387 g/mol. The molecular weight excluding hydrogens is 368 g/mol. The lowest BCUT2D eigenvalue weighted by molar-refractivity contribution is 1.17. The summed E-state index contributed by atoms with van der Waals surface area (Å²) in [6.07, 6.45) is 13.9. The van der Waals surface area contributed by atoms with Gasteiger partial charge in [0.2, 0.25) is 0 Å². The predicted octanol–water partition coefficient (Wildman–Crippen LogP) is 6.13. The van der Waals surface area contributed by atoms with Crippen molar-refractivity contribution in [2.24, 2.45) is 0 Å². The number of nitriles is 1. The summed E-state index contributed by atoms with van der Waals surface area (Å²) in [6.45, 7) is 3.90. The minimum atomic E-state index is 0.583. The van der Waals surface area contributed by atoms with E-state index in [0.29, 0.717) is 22.2 Å². The van der Waals surface area contributed by atoms with E-state index in [1.165, 1.54) is 0 Å². The molecule has 0 unspecified atom stereocenters. The maximum Gasteiger partial charge on any atom is 0.161 e. The van der Waals surface area contributed by atoms with Gasteiger partial charge in [-0.05, 0) is 50.2 Å². The highest BCUT2D eigenvalue weighted by atomic mass is 35.5. The molecule has 3 aromatic rings. The van der Waals surface area contributed by atoms with Crippen molar-refractivity contribution >= 4 is 39.6 Å². The van der Waals surface area contributed by atoms with Crippen LogP contribution in [0.5, 0.6) is 0 Å². The number of halogens is 1. The zero-order valence-corrected chi connectivity index (χ0v) is 16.4. The van der Waals surface area contributed by atoms with Crippen LogP contribution in [0.2, 0.25) is 5.02 Å². The van der Waals surface area contributed by atoms with E-state index in [1.54, 1.807) is 12.1 Å². The van der Waals surface area contributed by atoms with Crippen LogP contribution in [0.4, 0.5) is 11.5 Å². The van der Waals surface area contributed by atoms with Gasteiger partial charge in [0.25, 0.3) is 0 Å². The maximum atomic E-state index is 9.11. The second-order valence-corrected chi connectivity index (χ2v) is 6.06. The Morgan fingerprint density at radius 1 is 1.14 bits per heavy atom. The summed E-state index contributed by atoms with van der Waals surface area (Å²) in [7, 11) is 0. The smallest absolute Gasteiger partial charge is 0.161 e. The Kier molecular flexibility index (Phi) is 7.34. The highest BCUT2D eigenvalue weighted by molar-refractivity contribution is 6.31. The highest BCUT2D eigenvalue weighted by Gasteiger charge is 2.11. The summed E-state index contributed by atoms with van der Waals surface area (Å²) in [5.74, 6) is 1.28. The van der Waals surface area contributed by atoms with Gasteiger partial charge in [0.05, 0.1) is 17.1 Å². The van der Waals surface area contributed by atoms with Gasteiger partial charge in [0.15, 0.2) is 5.82 Å². The number of nitrogens with zero attached hydrogens (tertiary/aromatic N) is 3. The molecule has 0 aliphatic rings. The van der Waals surface area contributed by atoms with Crippen LogP contribution >= 0.6 is 11.6 Å². The van der Waals surface area contributed by atoms with Crippen molar-refractivity contribution in [2.75, 3.05) is 5.32 Å². The fourth-order valence-electron chi connectivity index (χ4n) is 2.61. The van der Waals surface area contributed by atoms with Crippen molar-refractivity contribution in [2.45, 2.75) is 13.8 Å². The molecular formula is C23H19ClN4. The van der Waals surface area contributed by atoms with Crippen molar-refractivity contribution in [3.8, 4) is 18.9 Å². The van der Waals surface area contributed by atoms with Crippen LogP contribution in [0.1, 0.15) is 25.2 Å². The van der Waals surface area contributed by atoms with Gasteiger partial charge in [-0.1, -0.05) is 35.9 Å². The molecule has 1 aromatic heterocycles. The minimum Gasteiger partial charge on any atom is -0.340 e. The van der Waals surface area contributed by atoms with E-state index in [-0.39, 0.29) is 0 Å². The van der Waals surface area contributed by atoms with Crippen LogP contribution in [0.3, 0.4) is 0 Å². The molecule has 0 bridgehead atoms. The minimum absolute atomic E-state index is 0.583. The summed E-state index contributed by atoms with van der Waals surface area (Å²) in [6, 6.07) is 14.9. The van der Waals surface area contributed by atoms with E-state index in [9.17, 15) is 0 Å². The predicted molar refractivity (Wildman–Crippen MR) is 117 cm³/mol. The maximum absolute atomic E-state index is 9.11. The lowest BCUT2D eigenvalue weighted by Gasteiger charge is -2.12. The van der Waals surface area contributed by atoms with Gasteiger partial charge in [-0.2, -0.15) is 5.26 Å². The van der Waals surface area contributed by atoms with Crippen molar-refractivity contribution in [1.82, 2.24) is 9.97 Å². The molecule has 2 aromatic carbocycles. The third kappa shape index (κ3) is 4.76. The number of hydrogen-bond acceptors (Lipinski definition) is 4. The topological polar surface area (TPSA) is 61.6 Å². The number of nitrogens with one attached hydrogen (secondary N) is 1. The fraction of sp³-hybridized carbons (Fsp3) is 0.0870. The van der Waals surface area contributed by atoms with Crippen LogP contribution in [0, 0.1) is 24.2 Å². The van der Waals surface area contributed by atoms with Gasteiger partial charge in [-0.3, -0.25) is 0 Å². The summed E-state index contributed by atoms with van der Waals surface area (Å²) in [5.41, 5.74) is 3.05. The van der Waals surface area contributed by atoms with E-state index >= 15 is 0 Å². The van der Waals surface area contributed by atoms with Crippen molar-refractivity contribution in [1.29, 1.82) is 5.26 Å². The molecule has 1 heterocycles. The van der Waals surface area contributed by atoms with E-state index in [0.717, 1.165) is 22.2 Å². The van der Waals surface area contributed by atoms with Crippen molar-refractivity contribution in [3.63, 3.8) is 0 Å². The van der Waals surface area contributed by atoms with Crippen LogP contribution < -0.4 is 5.32 Å². The van der Waals surface area contributed by atoms with E-state index in [2.05, 4.69) is 29.2 Å². The van der Waals surface area contributed by atoms with Gasteiger partial charge in [-0.25, -0.2) is 9.97 Å². The number of rotatable bonds is 4. The highest BCUT2D eigenvalue weighted by Crippen LogP contribution is 2.28. The first-order chi connectivity index (χ1) is 13.6. The molecule has 0 aliphatic heterocycles. The van der Waals surface area contributed by atoms with Crippen LogP contribution in [0.15, 0.2) is 60.7 Å². The number of hydrogen-bond donors (Lipinski definition) is 1. The molecule has 0 aliphatic carbocycles. The van der Waals surface area contributed by atoms with E-state index in [1.807, 2.05) is 62.4 Å². The summed E-state index contributed by atoms with van der Waals surface area (Å²) in [4.78, 5) is 9.36. The Morgan fingerprint density at radius 2 is 1.93 bits per heavy atom. The summed E-state index contributed by atoms with van der Waals surface area (Å²) in [5, 5.41) is 13.9. The lowest BCUT2D eigenvalue weighted by Crippen LogP contribution is -2.01. The molecule has 0 fully saturated rings. The van der Waals surface area contributed by atoms with E-state index < -0.39 is 0 Å². The average Bonchev–Trinajstić information content (AvgIpc) is 2.73. The Balaban J connectivity index is 0.00000136. The zero-order valence-electron chi connectivity index (χ0n) is 15.6. The number of anilines is 2. The quantitative estimate of drug-likeness (QED) is 0.433. The first-order valence-corrected chi connectivity index (χ1v) is 8.89. The number of terminal acetylenes is 1. The third-order valence-corrected chi connectivity index (χ3v) is 4.06. The molecule has 3 rings (SSSR count). The Bertz CT molecular complexity index is 1100. The molecule has 0 spiro atoms. The standard InChI is InChI=1S/C21H17ClN4.C2H2/c1-3-6-15(4-2)20-25-19-12-16(22)9-10-18(19)21(26-20)24-17-8-5-7-14(11-17)13-23;1-2/h3-12H,1-2H3,(H,24,25,26);1-2H/b6-3-,15-4+;. The monoisotopic (exact) mass is 386 g/mol. The van der Waals surface area contributed by atoms with Gasteiger partial charge < -0.3 is 5.32 Å². The Hall–Kier alpha value is -3.60. The molecule has 0 amide bonds. The number of allylic oxidation sites excluding steroid dienone is 4. The number of aromatic nitrogens is 2. The van der Waals surface area contributed by atoms with Gasteiger partial charge in [0, 0.05) is 21.7 Å². The SMILES string of the molecule is C#C.C/C=C\C(=C/C)c1nc(Nc2cccc(C#N)c2)c2ccc(Cl)cc2n1. The molecule has 0 saturated carbocycles. The van der Waals surface area contributed by atoms with E-state index in [4.69, 9.17) is 21.8 Å². The van der Waals surface area contributed by atoms with Crippen LogP contribution in [0.25, 0.3) is 16.5 Å². The third-order valence-electron chi connectivity index (χ3n) is 3.83. The first-order valence-electron chi connectivity index (χ1n) is 8.52. The first kappa shape index (κ1) is 20.7. The fourth-order valence-corrected chi connectivity index (χ4v) is 2.78. The molecule has 138 valence electrons. The normalized spacial score (nSPS) is 10.9. The Labute approximate surface area is 170 Å².